The molecule has 0 unspecified atom stereocenters. The van der Waals surface area contributed by atoms with Gasteiger partial charge in [-0.15, -0.1) is 0 Å². The van der Waals surface area contributed by atoms with E-state index in [0.29, 0.717) is 5.95 Å². The first-order chi connectivity index (χ1) is 23.9. The van der Waals surface area contributed by atoms with Crippen LogP contribution in [-0.2, 0) is 0 Å². The van der Waals surface area contributed by atoms with Crippen LogP contribution in [-0.4, -0.2) is 25.8 Å². The fraction of sp³-hybridized carbons (Fsp3) is 0. The number of hydrogen-bond donors (Lipinski definition) is 0. The summed E-state index contributed by atoms with van der Waals surface area (Å²) in [5.74, 6) is 0.648. The summed E-state index contributed by atoms with van der Waals surface area (Å²) < 4.78 is 4.90. The molecule has 0 saturated carbocycles. The number of para-hydroxylation sites is 5. The van der Waals surface area contributed by atoms with E-state index < -0.39 is 0 Å². The third-order valence-electron chi connectivity index (χ3n) is 9.60. The summed E-state index contributed by atoms with van der Waals surface area (Å²) in [7, 11) is 0. The van der Waals surface area contributed by atoms with Gasteiger partial charge in [0.25, 0.3) is 6.71 Å². The van der Waals surface area contributed by atoms with Crippen LogP contribution in [0, 0.1) is 0 Å². The molecule has 4 heterocycles. The molecule has 10 rings (SSSR count). The molecule has 6 aromatic carbocycles. The molecule has 0 spiro atoms. The minimum absolute atomic E-state index is 0.117. The van der Waals surface area contributed by atoms with Gasteiger partial charge in [0.1, 0.15) is 0 Å². The number of aromatic nitrogens is 4. The van der Waals surface area contributed by atoms with Gasteiger partial charge in [0, 0.05) is 44.9 Å². The van der Waals surface area contributed by atoms with Gasteiger partial charge in [-0.3, -0.25) is 4.90 Å². The van der Waals surface area contributed by atoms with Crippen molar-refractivity contribution in [3.05, 3.63) is 170 Å². The topological polar surface area (TPSA) is 38.9 Å². The third-order valence-corrected chi connectivity index (χ3v) is 9.60. The Hall–Kier alpha value is -6.40. The molecule has 0 fully saturated rings. The van der Waals surface area contributed by atoms with Crippen molar-refractivity contribution in [1.82, 2.24) is 19.1 Å². The zero-order chi connectivity index (χ0) is 31.6. The number of fused-ring (bicyclic) bond motifs is 7. The van der Waals surface area contributed by atoms with Crippen molar-refractivity contribution >= 4 is 73.4 Å². The molecule has 0 amide bonds. The molecule has 3 aromatic heterocycles. The van der Waals surface area contributed by atoms with Crippen molar-refractivity contribution in [2.75, 3.05) is 4.90 Å². The van der Waals surface area contributed by atoms with Crippen LogP contribution in [0.25, 0.3) is 44.1 Å². The predicted molar refractivity (Wildman–Crippen MR) is 199 cm³/mol. The Bertz CT molecular complexity index is 2500. The Morgan fingerprint density at radius 2 is 0.938 bits per heavy atom. The maximum Gasteiger partial charge on any atom is 0.289 e. The monoisotopic (exact) mass is 613 g/mol. The Labute approximate surface area is 278 Å². The molecule has 1 aliphatic heterocycles. The lowest BCUT2D eigenvalue weighted by molar-refractivity contribution is 1.09. The van der Waals surface area contributed by atoms with Gasteiger partial charge in [0.15, 0.2) is 0 Å². The smallest absolute Gasteiger partial charge is 0.289 e. The number of benzene rings is 6. The van der Waals surface area contributed by atoms with E-state index in [-0.39, 0.29) is 6.71 Å². The first-order valence-electron chi connectivity index (χ1n) is 16.3. The zero-order valence-electron chi connectivity index (χ0n) is 26.0. The normalized spacial score (nSPS) is 12.5. The maximum absolute atomic E-state index is 5.27. The van der Waals surface area contributed by atoms with Crippen LogP contribution in [0.4, 0.5) is 17.3 Å². The molecule has 0 atom stereocenters. The van der Waals surface area contributed by atoms with Crippen LogP contribution in [0.1, 0.15) is 0 Å². The summed E-state index contributed by atoms with van der Waals surface area (Å²) in [6.45, 7) is -0.117. The van der Waals surface area contributed by atoms with E-state index in [0.717, 1.165) is 55.5 Å². The largest absolute Gasteiger partial charge is 0.319 e. The molecule has 0 radical (unpaired) electrons. The van der Waals surface area contributed by atoms with Crippen molar-refractivity contribution in [3.8, 4) is 11.4 Å². The molecule has 9 aromatic rings. The van der Waals surface area contributed by atoms with Gasteiger partial charge in [-0.25, -0.2) is 9.97 Å². The molecule has 0 bridgehead atoms. The average Bonchev–Trinajstić information content (AvgIpc) is 3.68. The summed E-state index contributed by atoms with van der Waals surface area (Å²) in [5.41, 5.74) is 11.2. The van der Waals surface area contributed by atoms with Gasteiger partial charge in [0.05, 0.1) is 27.9 Å². The SMILES string of the molecule is c1ccc(B2c3c(c4ccccc4n3-c3ccccc3)N(c3ncc4ccccc4n3)c3c2n(-c2ccccc2)c2ccccc32)cc1. The summed E-state index contributed by atoms with van der Waals surface area (Å²) in [6.07, 6.45) is 1.95. The number of hydrogen-bond acceptors (Lipinski definition) is 3. The molecule has 1 aliphatic rings. The zero-order valence-corrected chi connectivity index (χ0v) is 26.0. The van der Waals surface area contributed by atoms with Gasteiger partial charge in [-0.2, -0.15) is 0 Å². The van der Waals surface area contributed by atoms with Gasteiger partial charge in [-0.1, -0.05) is 127 Å². The fourth-order valence-corrected chi connectivity index (χ4v) is 7.67. The average molecular weight is 614 g/mol. The van der Waals surface area contributed by atoms with Crippen LogP contribution >= 0.6 is 0 Å². The Kier molecular flexibility index (Phi) is 5.90. The Morgan fingerprint density at radius 3 is 1.52 bits per heavy atom. The van der Waals surface area contributed by atoms with Crippen LogP contribution in [0.3, 0.4) is 0 Å². The third kappa shape index (κ3) is 3.86. The number of anilines is 3. The highest BCUT2D eigenvalue weighted by molar-refractivity contribution is 6.98. The molecular weight excluding hydrogens is 585 g/mol. The van der Waals surface area contributed by atoms with E-state index in [1.807, 2.05) is 18.3 Å². The summed E-state index contributed by atoms with van der Waals surface area (Å²) in [5, 5.41) is 3.31. The van der Waals surface area contributed by atoms with Crippen molar-refractivity contribution in [3.63, 3.8) is 0 Å². The highest BCUT2D eigenvalue weighted by Gasteiger charge is 2.45. The molecule has 0 N–H and O–H groups in total. The van der Waals surface area contributed by atoms with Gasteiger partial charge < -0.3 is 9.13 Å². The molecule has 5 nitrogen and oxygen atoms in total. The van der Waals surface area contributed by atoms with Crippen LogP contribution in [0.5, 0.6) is 0 Å². The second-order valence-corrected chi connectivity index (χ2v) is 12.3. The molecule has 224 valence electrons. The highest BCUT2D eigenvalue weighted by Crippen LogP contribution is 2.45. The van der Waals surface area contributed by atoms with E-state index in [1.165, 1.54) is 16.6 Å². The van der Waals surface area contributed by atoms with Crippen molar-refractivity contribution in [2.24, 2.45) is 0 Å². The number of nitrogens with zero attached hydrogens (tertiary/aromatic N) is 5. The fourth-order valence-electron chi connectivity index (χ4n) is 7.67. The molecule has 48 heavy (non-hydrogen) atoms. The lowest BCUT2D eigenvalue weighted by atomic mass is 9.38. The first kappa shape index (κ1) is 26.8. The van der Waals surface area contributed by atoms with Crippen LogP contribution in [0.2, 0.25) is 0 Å². The van der Waals surface area contributed by atoms with Crippen LogP contribution in [0.15, 0.2) is 170 Å². The Morgan fingerprint density at radius 1 is 0.458 bits per heavy atom. The van der Waals surface area contributed by atoms with E-state index in [1.54, 1.807) is 0 Å². The lowest BCUT2D eigenvalue weighted by Gasteiger charge is -2.34. The number of rotatable bonds is 4. The lowest BCUT2D eigenvalue weighted by Crippen LogP contribution is -2.60. The second kappa shape index (κ2) is 10.6. The quantitative estimate of drug-likeness (QED) is 0.190. The van der Waals surface area contributed by atoms with Crippen molar-refractivity contribution in [1.29, 1.82) is 0 Å². The van der Waals surface area contributed by atoms with E-state index in [4.69, 9.17) is 9.97 Å². The first-order valence-corrected chi connectivity index (χ1v) is 16.3. The standard InChI is InChI=1S/C42H28BN5/c1-4-17-30(18-5-1)43-40-38(33-23-11-14-26-36(33)46(40)31-19-6-2-7-20-31)48(42-44-28-29-16-10-13-25-35(29)45-42)39-34-24-12-15-27-37(34)47(41(39)43)32-21-8-3-9-22-32/h1-28H. The van der Waals surface area contributed by atoms with Gasteiger partial charge in [0.2, 0.25) is 5.95 Å². The van der Waals surface area contributed by atoms with E-state index >= 15 is 0 Å². The van der Waals surface area contributed by atoms with Crippen LogP contribution < -0.4 is 21.5 Å². The minimum atomic E-state index is -0.117. The molecule has 6 heteroatoms. The van der Waals surface area contributed by atoms with E-state index in [9.17, 15) is 0 Å². The highest BCUT2D eigenvalue weighted by atomic mass is 15.3. The van der Waals surface area contributed by atoms with E-state index in [2.05, 4.69) is 166 Å². The molecular formula is C42H28BN5. The molecule has 0 aliphatic carbocycles. The minimum Gasteiger partial charge on any atom is -0.319 e. The Balaban J connectivity index is 1.44. The summed E-state index contributed by atoms with van der Waals surface area (Å²) >= 11 is 0. The summed E-state index contributed by atoms with van der Waals surface area (Å²) in [6, 6.07) is 58.1. The van der Waals surface area contributed by atoms with Crippen molar-refractivity contribution in [2.45, 2.75) is 0 Å². The maximum atomic E-state index is 5.27. The summed E-state index contributed by atoms with van der Waals surface area (Å²) in [4.78, 5) is 12.7. The second-order valence-electron chi connectivity index (χ2n) is 12.3. The van der Waals surface area contributed by atoms with Crippen molar-refractivity contribution < 1.29 is 0 Å². The predicted octanol–water partition coefficient (Wildman–Crippen LogP) is 7.82. The molecule has 0 saturated heterocycles. The van der Waals surface area contributed by atoms with Gasteiger partial charge in [-0.05, 0) is 42.5 Å². The van der Waals surface area contributed by atoms with Gasteiger partial charge >= 0.3 is 0 Å².